The number of unbranched alkanes of at least 4 members (excludes halogenated alkanes) is 6. The van der Waals surface area contributed by atoms with Crippen molar-refractivity contribution in [3.8, 4) is 0 Å². The van der Waals surface area contributed by atoms with E-state index in [2.05, 4.69) is 20.8 Å². The normalized spacial score (nSPS) is 17.2. The molecule has 0 aliphatic carbocycles. The van der Waals surface area contributed by atoms with Crippen LogP contribution in [0.15, 0.2) is 0 Å². The molecule has 0 spiro atoms. The van der Waals surface area contributed by atoms with Gasteiger partial charge in [0.15, 0.2) is 0 Å². The molecule has 126 valence electrons. The molecular formula is C18H35FO2. The zero-order chi connectivity index (χ0) is 16.4. The van der Waals surface area contributed by atoms with E-state index >= 15 is 0 Å². The molecule has 2 nitrogen and oxygen atoms in total. The molecule has 0 fully saturated rings. The highest BCUT2D eigenvalue weighted by molar-refractivity contribution is 5.76. The van der Waals surface area contributed by atoms with Crippen molar-refractivity contribution in [3.63, 3.8) is 0 Å². The first kappa shape index (κ1) is 20.4. The molecule has 0 saturated heterocycles. The summed E-state index contributed by atoms with van der Waals surface area (Å²) in [5, 5.41) is 9.04. The Hall–Kier alpha value is -0.600. The molecule has 0 aromatic rings. The van der Waals surface area contributed by atoms with Gasteiger partial charge >= 0.3 is 5.97 Å². The molecule has 0 bridgehead atoms. The fraction of sp³-hybridized carbons (Fsp3) is 0.944. The van der Waals surface area contributed by atoms with Crippen LogP contribution in [0.3, 0.4) is 0 Å². The summed E-state index contributed by atoms with van der Waals surface area (Å²) in [6.07, 6.45) is 11.3. The zero-order valence-corrected chi connectivity index (χ0v) is 14.5. The average Bonchev–Trinajstić information content (AvgIpc) is 2.38. The van der Waals surface area contributed by atoms with Crippen molar-refractivity contribution in [2.45, 2.75) is 104 Å². The van der Waals surface area contributed by atoms with Crippen LogP contribution < -0.4 is 0 Å². The van der Waals surface area contributed by atoms with Crippen molar-refractivity contribution in [2.75, 3.05) is 0 Å². The molecule has 0 aromatic heterocycles. The second-order valence-corrected chi connectivity index (χ2v) is 7.11. The van der Waals surface area contributed by atoms with Gasteiger partial charge in [-0.3, -0.25) is 0 Å². The Morgan fingerprint density at radius 2 is 1.33 bits per heavy atom. The van der Waals surface area contributed by atoms with Gasteiger partial charge in [-0.1, -0.05) is 72.1 Å². The van der Waals surface area contributed by atoms with Gasteiger partial charge in [0.25, 0.3) is 0 Å². The molecular weight excluding hydrogens is 267 g/mol. The minimum atomic E-state index is -2.11. The molecule has 0 aliphatic heterocycles. The molecule has 0 aliphatic rings. The van der Waals surface area contributed by atoms with E-state index in [1.165, 1.54) is 32.6 Å². The summed E-state index contributed by atoms with van der Waals surface area (Å²) < 4.78 is 14.2. The predicted molar refractivity (Wildman–Crippen MR) is 87.4 cm³/mol. The molecule has 2 atom stereocenters. The number of halogens is 1. The number of carboxylic acid groups (broad SMARTS) is 1. The fourth-order valence-corrected chi connectivity index (χ4v) is 3.14. The van der Waals surface area contributed by atoms with E-state index in [4.69, 9.17) is 5.11 Å². The topological polar surface area (TPSA) is 37.3 Å². The van der Waals surface area contributed by atoms with Gasteiger partial charge in [-0.05, 0) is 31.6 Å². The lowest BCUT2D eigenvalue weighted by Crippen LogP contribution is -2.36. The average molecular weight is 302 g/mol. The number of carbonyl (C=O) groups is 1. The van der Waals surface area contributed by atoms with Crippen LogP contribution in [0.25, 0.3) is 0 Å². The molecule has 0 heterocycles. The van der Waals surface area contributed by atoms with Crippen LogP contribution in [0, 0.1) is 5.41 Å². The number of carboxylic acids is 1. The lowest BCUT2D eigenvalue weighted by molar-refractivity contribution is -0.152. The maximum Gasteiger partial charge on any atom is 0.341 e. The van der Waals surface area contributed by atoms with Crippen LogP contribution in [-0.4, -0.2) is 16.7 Å². The van der Waals surface area contributed by atoms with E-state index in [1.807, 2.05) is 0 Å². The Balaban J connectivity index is 4.49. The van der Waals surface area contributed by atoms with Gasteiger partial charge in [0.1, 0.15) is 0 Å². The summed E-state index contributed by atoms with van der Waals surface area (Å²) in [6.45, 7) is 7.63. The summed E-state index contributed by atoms with van der Waals surface area (Å²) >= 11 is 0. The van der Waals surface area contributed by atoms with Gasteiger partial charge in [-0.25, -0.2) is 9.18 Å². The first-order chi connectivity index (χ1) is 9.77. The minimum absolute atomic E-state index is 0.132. The molecule has 2 unspecified atom stereocenters. The molecule has 21 heavy (non-hydrogen) atoms. The Bertz CT molecular complexity index is 289. The maximum absolute atomic E-state index is 14.2. The number of hydrogen-bond donors (Lipinski definition) is 1. The van der Waals surface area contributed by atoms with Gasteiger partial charge in [0.05, 0.1) is 0 Å². The first-order valence-corrected chi connectivity index (χ1v) is 8.70. The molecule has 1 N–H and O–H groups in total. The zero-order valence-electron chi connectivity index (χ0n) is 14.5. The Labute approximate surface area is 130 Å². The van der Waals surface area contributed by atoms with E-state index in [-0.39, 0.29) is 11.8 Å². The molecule has 3 heteroatoms. The SMILES string of the molecule is CCCCCCCC(C)(CCCCC)CC(C)(F)C(=O)O. The van der Waals surface area contributed by atoms with Crippen molar-refractivity contribution in [2.24, 2.45) is 5.41 Å². The third kappa shape index (κ3) is 9.10. The summed E-state index contributed by atoms with van der Waals surface area (Å²) in [5.41, 5.74) is -2.30. The Morgan fingerprint density at radius 1 is 0.905 bits per heavy atom. The number of alkyl halides is 1. The van der Waals surface area contributed by atoms with Gasteiger partial charge in [-0.15, -0.1) is 0 Å². The highest BCUT2D eigenvalue weighted by Crippen LogP contribution is 2.40. The van der Waals surface area contributed by atoms with Gasteiger partial charge in [0.2, 0.25) is 5.67 Å². The van der Waals surface area contributed by atoms with Gasteiger partial charge < -0.3 is 5.11 Å². The quantitative estimate of drug-likeness (QED) is 0.415. The van der Waals surface area contributed by atoms with Gasteiger partial charge in [-0.2, -0.15) is 0 Å². The minimum Gasteiger partial charge on any atom is -0.479 e. The molecule has 0 aromatic carbocycles. The second kappa shape index (κ2) is 10.2. The Kier molecular flexibility index (Phi) is 9.89. The van der Waals surface area contributed by atoms with Crippen LogP contribution >= 0.6 is 0 Å². The van der Waals surface area contributed by atoms with E-state index in [9.17, 15) is 9.18 Å². The van der Waals surface area contributed by atoms with Crippen LogP contribution in [0.4, 0.5) is 4.39 Å². The summed E-state index contributed by atoms with van der Waals surface area (Å²) in [5.74, 6) is -1.32. The monoisotopic (exact) mass is 302 g/mol. The number of aliphatic carboxylic acids is 1. The van der Waals surface area contributed by atoms with E-state index in [1.54, 1.807) is 0 Å². The van der Waals surface area contributed by atoms with Crippen molar-refractivity contribution in [1.82, 2.24) is 0 Å². The van der Waals surface area contributed by atoms with Crippen molar-refractivity contribution in [3.05, 3.63) is 0 Å². The largest absolute Gasteiger partial charge is 0.479 e. The summed E-state index contributed by atoms with van der Waals surface area (Å²) in [7, 11) is 0. The lowest BCUT2D eigenvalue weighted by Gasteiger charge is -2.34. The van der Waals surface area contributed by atoms with Crippen molar-refractivity contribution in [1.29, 1.82) is 0 Å². The van der Waals surface area contributed by atoms with Gasteiger partial charge in [0, 0.05) is 0 Å². The fourth-order valence-electron chi connectivity index (χ4n) is 3.14. The standard InChI is InChI=1S/C18H35FO2/c1-5-7-9-10-12-14-17(3,13-11-8-6-2)15-18(4,19)16(20)21/h5-15H2,1-4H3,(H,20,21). The van der Waals surface area contributed by atoms with Crippen molar-refractivity contribution < 1.29 is 14.3 Å². The molecule has 0 amide bonds. The predicted octanol–water partition coefficient (Wildman–Crippen LogP) is 6.14. The lowest BCUT2D eigenvalue weighted by atomic mass is 9.73. The number of rotatable bonds is 13. The highest BCUT2D eigenvalue weighted by Gasteiger charge is 2.40. The second-order valence-electron chi connectivity index (χ2n) is 7.11. The summed E-state index contributed by atoms with van der Waals surface area (Å²) in [4.78, 5) is 11.1. The van der Waals surface area contributed by atoms with E-state index in [0.717, 1.165) is 38.5 Å². The third-order valence-electron chi connectivity index (χ3n) is 4.47. The maximum atomic E-state index is 14.2. The molecule has 0 radical (unpaired) electrons. The van der Waals surface area contributed by atoms with Crippen LogP contribution in [0.5, 0.6) is 0 Å². The van der Waals surface area contributed by atoms with Crippen LogP contribution in [0.1, 0.15) is 98.3 Å². The third-order valence-corrected chi connectivity index (χ3v) is 4.47. The first-order valence-electron chi connectivity index (χ1n) is 8.70. The van der Waals surface area contributed by atoms with Crippen molar-refractivity contribution >= 4 is 5.97 Å². The Morgan fingerprint density at radius 3 is 1.81 bits per heavy atom. The smallest absolute Gasteiger partial charge is 0.341 e. The van der Waals surface area contributed by atoms with Crippen LogP contribution in [-0.2, 0) is 4.79 Å². The van der Waals surface area contributed by atoms with E-state index in [0.29, 0.717) is 0 Å². The highest BCUT2D eigenvalue weighted by atomic mass is 19.1. The molecule has 0 rings (SSSR count). The summed E-state index contributed by atoms with van der Waals surface area (Å²) in [6, 6.07) is 0. The number of hydrogen-bond acceptors (Lipinski definition) is 1. The molecule has 0 saturated carbocycles. The van der Waals surface area contributed by atoms with E-state index < -0.39 is 11.6 Å². The van der Waals surface area contributed by atoms with Crippen LogP contribution in [0.2, 0.25) is 0 Å².